The van der Waals surface area contributed by atoms with E-state index in [2.05, 4.69) is 9.71 Å². The SMILES string of the molecule is Cc1ccc(S(=O)(=O)NC(C)c2nc(C(=O)O)cs2)s1. The van der Waals surface area contributed by atoms with Crippen LogP contribution >= 0.6 is 22.7 Å². The number of aromatic carboxylic acids is 1. The predicted molar refractivity (Wildman–Crippen MR) is 76.9 cm³/mol. The summed E-state index contributed by atoms with van der Waals surface area (Å²) in [4.78, 5) is 15.5. The van der Waals surface area contributed by atoms with Crippen LogP contribution in [0.1, 0.15) is 33.3 Å². The minimum atomic E-state index is -3.61. The number of rotatable bonds is 5. The molecule has 20 heavy (non-hydrogen) atoms. The number of hydrogen-bond donors (Lipinski definition) is 2. The van der Waals surface area contributed by atoms with Crippen molar-refractivity contribution in [2.24, 2.45) is 0 Å². The van der Waals surface area contributed by atoms with E-state index < -0.39 is 22.0 Å². The van der Waals surface area contributed by atoms with Gasteiger partial charge in [-0.25, -0.2) is 22.9 Å². The fourth-order valence-corrected chi connectivity index (χ4v) is 4.86. The van der Waals surface area contributed by atoms with Gasteiger partial charge in [0.25, 0.3) is 10.0 Å². The van der Waals surface area contributed by atoms with Crippen molar-refractivity contribution in [2.75, 3.05) is 0 Å². The highest BCUT2D eigenvalue weighted by atomic mass is 32.2. The molecular weight excluding hydrogens is 320 g/mol. The second-order valence-corrected chi connectivity index (χ2v) is 8.20. The third-order valence-electron chi connectivity index (χ3n) is 2.42. The van der Waals surface area contributed by atoms with Gasteiger partial charge < -0.3 is 5.11 Å². The topological polar surface area (TPSA) is 96.4 Å². The molecule has 1 atom stereocenters. The molecule has 0 aliphatic rings. The molecule has 0 fully saturated rings. The second kappa shape index (κ2) is 5.60. The lowest BCUT2D eigenvalue weighted by molar-refractivity contribution is 0.0691. The monoisotopic (exact) mass is 332 g/mol. The van der Waals surface area contributed by atoms with Gasteiger partial charge in [0.1, 0.15) is 9.22 Å². The molecule has 0 spiro atoms. The van der Waals surface area contributed by atoms with Gasteiger partial charge in [-0.2, -0.15) is 0 Å². The Morgan fingerprint density at radius 1 is 1.45 bits per heavy atom. The summed E-state index contributed by atoms with van der Waals surface area (Å²) in [5, 5.41) is 10.6. The van der Waals surface area contributed by atoms with Crippen LogP contribution in [0.15, 0.2) is 21.7 Å². The number of carboxylic acids is 1. The van der Waals surface area contributed by atoms with E-state index in [9.17, 15) is 13.2 Å². The molecule has 0 amide bonds. The number of aromatic nitrogens is 1. The van der Waals surface area contributed by atoms with Gasteiger partial charge in [-0.05, 0) is 26.0 Å². The normalized spacial score (nSPS) is 13.3. The molecular formula is C11H12N2O4S3. The average Bonchev–Trinajstić information content (AvgIpc) is 2.96. The van der Waals surface area contributed by atoms with Gasteiger partial charge in [-0.3, -0.25) is 0 Å². The number of nitrogens with zero attached hydrogens (tertiary/aromatic N) is 1. The average molecular weight is 332 g/mol. The van der Waals surface area contributed by atoms with Gasteiger partial charge in [0.15, 0.2) is 5.69 Å². The van der Waals surface area contributed by atoms with Gasteiger partial charge in [0.05, 0.1) is 6.04 Å². The largest absolute Gasteiger partial charge is 0.476 e. The van der Waals surface area contributed by atoms with Crippen LogP contribution in [0.5, 0.6) is 0 Å². The van der Waals surface area contributed by atoms with Crippen LogP contribution in [-0.2, 0) is 10.0 Å². The summed E-state index contributed by atoms with van der Waals surface area (Å²) in [6.07, 6.45) is 0. The first kappa shape index (κ1) is 15.1. The van der Waals surface area contributed by atoms with Gasteiger partial charge in [0, 0.05) is 10.3 Å². The molecule has 0 aromatic carbocycles. The van der Waals surface area contributed by atoms with Crippen molar-refractivity contribution in [1.82, 2.24) is 9.71 Å². The van der Waals surface area contributed by atoms with Crippen molar-refractivity contribution >= 4 is 38.7 Å². The Labute approximate surface area is 124 Å². The summed E-state index contributed by atoms with van der Waals surface area (Å²) in [7, 11) is -3.61. The Hall–Kier alpha value is -1.29. The van der Waals surface area contributed by atoms with Crippen LogP contribution in [0.25, 0.3) is 0 Å². The van der Waals surface area contributed by atoms with E-state index in [1.807, 2.05) is 6.92 Å². The number of nitrogens with one attached hydrogen (secondary N) is 1. The lowest BCUT2D eigenvalue weighted by atomic mass is 10.4. The van der Waals surface area contributed by atoms with Crippen molar-refractivity contribution in [3.63, 3.8) is 0 Å². The quantitative estimate of drug-likeness (QED) is 0.875. The van der Waals surface area contributed by atoms with Crippen LogP contribution in [0.4, 0.5) is 0 Å². The first-order valence-corrected chi connectivity index (χ1v) is 8.75. The molecule has 0 bridgehead atoms. The van der Waals surface area contributed by atoms with E-state index in [1.54, 1.807) is 19.1 Å². The number of hydrogen-bond acceptors (Lipinski definition) is 6. The summed E-state index contributed by atoms with van der Waals surface area (Å²) in [5.74, 6) is -1.13. The molecule has 2 aromatic rings. The molecule has 0 saturated carbocycles. The third kappa shape index (κ3) is 3.23. The Morgan fingerprint density at radius 2 is 2.15 bits per heavy atom. The van der Waals surface area contributed by atoms with E-state index in [0.717, 1.165) is 16.2 Å². The van der Waals surface area contributed by atoms with E-state index in [1.165, 1.54) is 16.7 Å². The first-order chi connectivity index (χ1) is 9.29. The van der Waals surface area contributed by atoms with Crippen molar-refractivity contribution in [1.29, 1.82) is 0 Å². The summed E-state index contributed by atoms with van der Waals surface area (Å²) >= 11 is 2.29. The van der Waals surface area contributed by atoms with Crippen molar-refractivity contribution in [3.8, 4) is 0 Å². The lowest BCUT2D eigenvalue weighted by Crippen LogP contribution is -2.26. The van der Waals surface area contributed by atoms with Gasteiger partial charge in [0.2, 0.25) is 0 Å². The maximum absolute atomic E-state index is 12.1. The fourth-order valence-electron chi connectivity index (χ4n) is 1.48. The number of thiazole rings is 1. The summed E-state index contributed by atoms with van der Waals surface area (Å²) in [6, 6.07) is 2.69. The maximum atomic E-state index is 12.1. The molecule has 6 nitrogen and oxygen atoms in total. The summed E-state index contributed by atoms with van der Waals surface area (Å²) in [6.45, 7) is 3.45. The molecule has 0 saturated heterocycles. The second-order valence-electron chi connectivity index (χ2n) is 4.08. The van der Waals surface area contributed by atoms with Gasteiger partial charge >= 0.3 is 5.97 Å². The Kier molecular flexibility index (Phi) is 4.23. The van der Waals surface area contributed by atoms with Crippen molar-refractivity contribution in [2.45, 2.75) is 24.1 Å². The number of aryl methyl sites for hydroxylation is 1. The van der Waals surface area contributed by atoms with Gasteiger partial charge in [-0.1, -0.05) is 0 Å². The molecule has 0 radical (unpaired) electrons. The summed E-state index contributed by atoms with van der Waals surface area (Å²) in [5.41, 5.74) is -0.0805. The van der Waals surface area contributed by atoms with E-state index in [4.69, 9.17) is 5.11 Å². The smallest absolute Gasteiger partial charge is 0.355 e. The van der Waals surface area contributed by atoms with E-state index >= 15 is 0 Å². The standard InChI is InChI=1S/C11H12N2O4S3/c1-6-3-4-9(19-6)20(16,17)13-7(2)10-12-8(5-18-10)11(14)15/h3-5,7,13H,1-2H3,(H,14,15). The molecule has 2 rings (SSSR count). The van der Waals surface area contributed by atoms with Crippen LogP contribution in [0.3, 0.4) is 0 Å². The number of thiophene rings is 1. The maximum Gasteiger partial charge on any atom is 0.355 e. The van der Waals surface area contributed by atoms with Crippen LogP contribution in [-0.4, -0.2) is 24.5 Å². The minimum Gasteiger partial charge on any atom is -0.476 e. The van der Waals surface area contributed by atoms with Crippen LogP contribution in [0, 0.1) is 6.92 Å². The predicted octanol–water partition coefficient (Wildman–Crippen LogP) is 2.25. The molecule has 2 N–H and O–H groups in total. The number of sulfonamides is 1. The Balaban J connectivity index is 2.18. The van der Waals surface area contributed by atoms with Gasteiger partial charge in [-0.15, -0.1) is 22.7 Å². The zero-order chi connectivity index (χ0) is 14.9. The van der Waals surface area contributed by atoms with Crippen molar-refractivity contribution in [3.05, 3.63) is 33.1 Å². The molecule has 108 valence electrons. The third-order valence-corrected chi connectivity index (χ3v) is 6.48. The molecule has 9 heteroatoms. The van der Waals surface area contributed by atoms with Crippen molar-refractivity contribution < 1.29 is 18.3 Å². The number of carboxylic acid groups (broad SMARTS) is 1. The molecule has 2 aromatic heterocycles. The highest BCUT2D eigenvalue weighted by Gasteiger charge is 2.22. The van der Waals surface area contributed by atoms with E-state index in [0.29, 0.717) is 5.01 Å². The number of carbonyl (C=O) groups is 1. The zero-order valence-corrected chi connectivity index (χ0v) is 13.1. The summed E-state index contributed by atoms with van der Waals surface area (Å²) < 4.78 is 27.0. The minimum absolute atomic E-state index is 0.0805. The molecule has 2 heterocycles. The highest BCUT2D eigenvalue weighted by molar-refractivity contribution is 7.91. The zero-order valence-electron chi connectivity index (χ0n) is 10.7. The molecule has 0 aliphatic heterocycles. The Morgan fingerprint density at radius 3 is 2.65 bits per heavy atom. The van der Waals surface area contributed by atoms with Crippen LogP contribution < -0.4 is 4.72 Å². The lowest BCUT2D eigenvalue weighted by Gasteiger charge is -2.10. The highest BCUT2D eigenvalue weighted by Crippen LogP contribution is 2.24. The Bertz CT molecular complexity index is 732. The molecule has 1 unspecified atom stereocenters. The fraction of sp³-hybridized carbons (Fsp3) is 0.273. The van der Waals surface area contributed by atoms with E-state index in [-0.39, 0.29) is 9.90 Å². The van der Waals surface area contributed by atoms with Crippen LogP contribution in [0.2, 0.25) is 0 Å². The first-order valence-electron chi connectivity index (χ1n) is 5.57. The molecule has 0 aliphatic carbocycles.